The van der Waals surface area contributed by atoms with Gasteiger partial charge >= 0.3 is 13.6 Å². The Hall–Kier alpha value is -2.10. The molecule has 0 aromatic heterocycles. The Morgan fingerprint density at radius 1 is 1.12 bits per heavy atom. The number of rotatable bonds is 8. The lowest BCUT2D eigenvalue weighted by Crippen LogP contribution is -2.12. The summed E-state index contributed by atoms with van der Waals surface area (Å²) in [7, 11) is -2.09. The van der Waals surface area contributed by atoms with Crippen LogP contribution < -0.4 is 9.83 Å². The number of carboxylic acid groups (broad SMARTS) is 1. The van der Waals surface area contributed by atoms with Crippen LogP contribution in [0.1, 0.15) is 18.9 Å². The molecule has 128 valence electrons. The Bertz CT molecular complexity index is 712. The van der Waals surface area contributed by atoms with E-state index < -0.39 is 13.6 Å². The minimum atomic E-state index is -3.45. The largest absolute Gasteiger partial charge is 0.481 e. The fourth-order valence-corrected chi connectivity index (χ4v) is 3.71. The van der Waals surface area contributed by atoms with Gasteiger partial charge in [-0.2, -0.15) is 0 Å². The zero-order valence-electron chi connectivity index (χ0n) is 13.7. The van der Waals surface area contributed by atoms with Gasteiger partial charge in [0.1, 0.15) is 5.75 Å². The van der Waals surface area contributed by atoms with Gasteiger partial charge < -0.3 is 9.63 Å². The lowest BCUT2D eigenvalue weighted by molar-refractivity contribution is -0.137. The first-order valence-corrected chi connectivity index (χ1v) is 9.19. The summed E-state index contributed by atoms with van der Waals surface area (Å²) in [5, 5.41) is 9.28. The minimum Gasteiger partial charge on any atom is -0.481 e. The molecule has 0 fully saturated rings. The molecular weight excluding hydrogens is 327 g/mol. The molecule has 0 aliphatic rings. The zero-order valence-corrected chi connectivity index (χ0v) is 14.6. The van der Waals surface area contributed by atoms with E-state index in [4.69, 9.17) is 14.2 Å². The zero-order chi connectivity index (χ0) is 17.6. The van der Waals surface area contributed by atoms with E-state index in [0.29, 0.717) is 17.5 Å². The van der Waals surface area contributed by atoms with E-state index in [2.05, 4.69) is 0 Å². The molecule has 0 radical (unpaired) electrons. The van der Waals surface area contributed by atoms with Crippen LogP contribution in [0.4, 0.5) is 0 Å². The van der Waals surface area contributed by atoms with Gasteiger partial charge in [-0.25, -0.2) is 4.57 Å². The van der Waals surface area contributed by atoms with Gasteiger partial charge in [-0.15, -0.1) is 0 Å². The van der Waals surface area contributed by atoms with Crippen molar-refractivity contribution in [1.82, 2.24) is 0 Å². The van der Waals surface area contributed by atoms with Crippen LogP contribution in [0, 0.1) is 5.92 Å². The third kappa shape index (κ3) is 4.95. The first-order valence-electron chi connectivity index (χ1n) is 7.64. The average molecular weight is 348 g/mol. The van der Waals surface area contributed by atoms with Gasteiger partial charge in [0.25, 0.3) is 0 Å². The van der Waals surface area contributed by atoms with Crippen LogP contribution in [0.5, 0.6) is 5.75 Å². The molecule has 0 aliphatic carbocycles. The Morgan fingerprint density at radius 2 is 1.75 bits per heavy atom. The highest BCUT2D eigenvalue weighted by Crippen LogP contribution is 2.46. The third-order valence-corrected chi connectivity index (χ3v) is 5.43. The Balaban J connectivity index is 2.12. The fraction of sp³-hybridized carbons (Fsp3) is 0.278. The molecule has 2 aromatic rings. The van der Waals surface area contributed by atoms with Crippen LogP contribution in [-0.4, -0.2) is 18.2 Å². The predicted octanol–water partition coefficient (Wildman–Crippen LogP) is 3.88. The van der Waals surface area contributed by atoms with Gasteiger partial charge in [0.2, 0.25) is 0 Å². The Kier molecular flexibility index (Phi) is 6.18. The molecule has 2 aromatic carbocycles. The summed E-state index contributed by atoms with van der Waals surface area (Å²) >= 11 is 0. The summed E-state index contributed by atoms with van der Waals surface area (Å²) in [6, 6.07) is 15.9. The number of hydrogen-bond donors (Lipinski definition) is 1. The maximum absolute atomic E-state index is 12.9. The van der Waals surface area contributed by atoms with Crippen molar-refractivity contribution in [2.75, 3.05) is 7.11 Å². The smallest absolute Gasteiger partial charge is 0.410 e. The first kappa shape index (κ1) is 18.2. The van der Waals surface area contributed by atoms with E-state index in [1.165, 1.54) is 7.11 Å². The SMILES string of the molecule is COP(=O)(Oc1ccccc1)c1ccc(CC(C)CC(=O)O)cc1. The van der Waals surface area contributed by atoms with Crippen LogP contribution in [0.15, 0.2) is 54.6 Å². The lowest BCUT2D eigenvalue weighted by atomic mass is 9.98. The standard InChI is InChI=1S/C18H21O5P/c1-14(13-18(19)20)12-15-8-10-17(11-9-15)24(21,22-2)23-16-6-4-3-5-7-16/h3-11,14H,12-13H2,1-2H3,(H,19,20). The summed E-state index contributed by atoms with van der Waals surface area (Å²) in [6.45, 7) is 1.89. The van der Waals surface area contributed by atoms with Crippen molar-refractivity contribution in [3.63, 3.8) is 0 Å². The summed E-state index contributed by atoms with van der Waals surface area (Å²) < 4.78 is 23.6. The van der Waals surface area contributed by atoms with Crippen LogP contribution in [0.3, 0.4) is 0 Å². The average Bonchev–Trinajstić information content (AvgIpc) is 2.55. The van der Waals surface area contributed by atoms with Crippen LogP contribution in [-0.2, 0) is 20.3 Å². The number of aliphatic carboxylic acids is 1. The monoisotopic (exact) mass is 348 g/mol. The Labute approximate surface area is 141 Å². The van der Waals surface area contributed by atoms with Crippen molar-refractivity contribution in [3.8, 4) is 5.75 Å². The molecule has 0 heterocycles. The number of carboxylic acids is 1. The highest BCUT2D eigenvalue weighted by Gasteiger charge is 2.27. The number of carbonyl (C=O) groups is 1. The van der Waals surface area contributed by atoms with Gasteiger partial charge in [-0.05, 0) is 42.2 Å². The molecule has 6 heteroatoms. The van der Waals surface area contributed by atoms with E-state index in [0.717, 1.165) is 5.56 Å². The minimum absolute atomic E-state index is 0.0307. The topological polar surface area (TPSA) is 72.8 Å². The van der Waals surface area contributed by atoms with Gasteiger partial charge in [0.05, 0.1) is 5.30 Å². The fourth-order valence-electron chi connectivity index (χ4n) is 2.40. The maximum Gasteiger partial charge on any atom is 0.410 e. The molecule has 2 unspecified atom stereocenters. The van der Waals surface area contributed by atoms with Crippen LogP contribution in [0.2, 0.25) is 0 Å². The summed E-state index contributed by atoms with van der Waals surface area (Å²) in [6.07, 6.45) is 0.763. The predicted molar refractivity (Wildman–Crippen MR) is 92.9 cm³/mol. The summed E-state index contributed by atoms with van der Waals surface area (Å²) in [4.78, 5) is 10.7. The molecular formula is C18H21O5P. The molecule has 0 saturated heterocycles. The first-order chi connectivity index (χ1) is 11.4. The molecule has 0 saturated carbocycles. The molecule has 0 bridgehead atoms. The van der Waals surface area contributed by atoms with Crippen molar-refractivity contribution in [2.45, 2.75) is 19.8 Å². The normalized spacial score (nSPS) is 14.6. The molecule has 24 heavy (non-hydrogen) atoms. The second-order valence-electron chi connectivity index (χ2n) is 5.66. The summed E-state index contributed by atoms with van der Waals surface area (Å²) in [5.41, 5.74) is 0.981. The van der Waals surface area contributed by atoms with Crippen molar-refractivity contribution in [1.29, 1.82) is 0 Å². The van der Waals surface area contributed by atoms with Crippen molar-refractivity contribution >= 4 is 18.9 Å². The van der Waals surface area contributed by atoms with E-state index in [9.17, 15) is 9.36 Å². The van der Waals surface area contributed by atoms with Gasteiger partial charge in [-0.1, -0.05) is 37.3 Å². The molecule has 5 nitrogen and oxygen atoms in total. The van der Waals surface area contributed by atoms with E-state index in [-0.39, 0.29) is 12.3 Å². The molecule has 0 aliphatic heterocycles. The number of para-hydroxylation sites is 1. The van der Waals surface area contributed by atoms with E-state index in [1.54, 1.807) is 36.4 Å². The van der Waals surface area contributed by atoms with E-state index >= 15 is 0 Å². The van der Waals surface area contributed by atoms with E-state index in [1.807, 2.05) is 25.1 Å². The van der Waals surface area contributed by atoms with Gasteiger partial charge in [0.15, 0.2) is 0 Å². The molecule has 2 atom stereocenters. The second kappa shape index (κ2) is 8.13. The van der Waals surface area contributed by atoms with Gasteiger partial charge in [-0.3, -0.25) is 9.32 Å². The van der Waals surface area contributed by atoms with Gasteiger partial charge in [0, 0.05) is 13.5 Å². The Morgan fingerprint density at radius 3 is 2.29 bits per heavy atom. The molecule has 1 N–H and O–H groups in total. The van der Waals surface area contributed by atoms with Crippen molar-refractivity contribution in [3.05, 3.63) is 60.2 Å². The molecule has 0 spiro atoms. The molecule has 0 amide bonds. The lowest BCUT2D eigenvalue weighted by Gasteiger charge is -2.18. The number of hydrogen-bond acceptors (Lipinski definition) is 4. The third-order valence-electron chi connectivity index (χ3n) is 3.57. The number of benzene rings is 2. The molecule has 2 rings (SSSR count). The maximum atomic E-state index is 12.9. The van der Waals surface area contributed by atoms with Crippen LogP contribution in [0.25, 0.3) is 0 Å². The summed E-state index contributed by atoms with van der Waals surface area (Å²) in [5.74, 6) is -0.302. The van der Waals surface area contributed by atoms with Crippen molar-refractivity contribution in [2.24, 2.45) is 5.92 Å². The quantitative estimate of drug-likeness (QED) is 0.733. The highest BCUT2D eigenvalue weighted by molar-refractivity contribution is 7.62. The van der Waals surface area contributed by atoms with Crippen molar-refractivity contribution < 1.29 is 23.5 Å². The highest BCUT2D eigenvalue weighted by atomic mass is 31.2. The van der Waals surface area contributed by atoms with Crippen LogP contribution >= 0.6 is 7.60 Å². The second-order valence-corrected chi connectivity index (χ2v) is 7.72.